The average Bonchev–Trinajstić information content (AvgIpc) is 3.11. The molecule has 4 nitrogen and oxygen atoms in total. The van der Waals surface area contributed by atoms with Crippen molar-refractivity contribution in [2.45, 2.75) is 38.3 Å². The Labute approximate surface area is 167 Å². The zero-order valence-corrected chi connectivity index (χ0v) is 15.8. The van der Waals surface area contributed by atoms with Crippen molar-refractivity contribution < 1.29 is 22.8 Å². The van der Waals surface area contributed by atoms with Crippen LogP contribution in [0.4, 0.5) is 13.2 Å². The molecule has 1 atom stereocenters. The van der Waals surface area contributed by atoms with Gasteiger partial charge in [-0.3, -0.25) is 4.79 Å². The van der Waals surface area contributed by atoms with Crippen LogP contribution in [0, 0.1) is 23.4 Å². The predicted octanol–water partition coefficient (Wildman–Crippen LogP) is 4.43. The number of amides is 1. The van der Waals surface area contributed by atoms with Gasteiger partial charge in [0, 0.05) is 30.5 Å². The molecule has 0 N–H and O–H groups in total. The Morgan fingerprint density at radius 3 is 2.45 bits per heavy atom. The van der Waals surface area contributed by atoms with Gasteiger partial charge in [0.15, 0.2) is 6.10 Å². The van der Waals surface area contributed by atoms with E-state index in [4.69, 9.17) is 4.84 Å². The summed E-state index contributed by atoms with van der Waals surface area (Å²) in [6, 6.07) is 9.34. The van der Waals surface area contributed by atoms with Gasteiger partial charge in [-0.05, 0) is 36.6 Å². The first-order valence-electron chi connectivity index (χ1n) is 9.71. The van der Waals surface area contributed by atoms with E-state index < -0.39 is 11.6 Å². The van der Waals surface area contributed by atoms with Crippen molar-refractivity contribution in [1.29, 1.82) is 0 Å². The molecule has 0 bridgehead atoms. The number of halogens is 3. The summed E-state index contributed by atoms with van der Waals surface area (Å²) >= 11 is 0. The van der Waals surface area contributed by atoms with Gasteiger partial charge in [0.25, 0.3) is 0 Å². The number of nitrogens with zero attached hydrogens (tertiary/aromatic N) is 2. The zero-order valence-electron chi connectivity index (χ0n) is 15.8. The Hall–Kier alpha value is -2.83. The first-order chi connectivity index (χ1) is 14.0. The van der Waals surface area contributed by atoms with Crippen molar-refractivity contribution in [2.75, 3.05) is 6.54 Å². The molecule has 0 unspecified atom stereocenters. The van der Waals surface area contributed by atoms with Gasteiger partial charge < -0.3 is 9.74 Å². The van der Waals surface area contributed by atoms with Crippen LogP contribution in [0.2, 0.25) is 0 Å². The molecule has 1 heterocycles. The third-order valence-electron chi connectivity index (χ3n) is 5.48. The van der Waals surface area contributed by atoms with E-state index in [1.54, 1.807) is 17.0 Å². The van der Waals surface area contributed by atoms with E-state index in [9.17, 15) is 18.0 Å². The summed E-state index contributed by atoms with van der Waals surface area (Å²) in [4.78, 5) is 20.0. The van der Waals surface area contributed by atoms with E-state index in [0.717, 1.165) is 30.9 Å². The highest BCUT2D eigenvalue weighted by molar-refractivity contribution is 6.01. The van der Waals surface area contributed by atoms with E-state index in [-0.39, 0.29) is 42.4 Å². The zero-order chi connectivity index (χ0) is 20.4. The molecule has 1 aliphatic carbocycles. The summed E-state index contributed by atoms with van der Waals surface area (Å²) < 4.78 is 40.5. The fraction of sp³-hybridized carbons (Fsp3) is 0.364. The lowest BCUT2D eigenvalue weighted by atomic mass is 9.84. The van der Waals surface area contributed by atoms with Gasteiger partial charge in [0.05, 0.1) is 12.3 Å². The highest BCUT2D eigenvalue weighted by Crippen LogP contribution is 2.30. The summed E-state index contributed by atoms with van der Waals surface area (Å²) in [5.41, 5.74) is 1.70. The van der Waals surface area contributed by atoms with Crippen LogP contribution >= 0.6 is 0 Å². The molecule has 1 fully saturated rings. The average molecular weight is 402 g/mol. The molecule has 0 aromatic heterocycles. The number of oxime groups is 1. The van der Waals surface area contributed by atoms with E-state index in [1.807, 2.05) is 0 Å². The Kier molecular flexibility index (Phi) is 5.56. The molecular formula is C22H21F3N2O2. The molecule has 152 valence electrons. The van der Waals surface area contributed by atoms with Crippen LogP contribution in [0.15, 0.2) is 47.6 Å². The van der Waals surface area contributed by atoms with Crippen molar-refractivity contribution in [3.63, 3.8) is 0 Å². The quantitative estimate of drug-likeness (QED) is 0.718. The predicted molar refractivity (Wildman–Crippen MR) is 102 cm³/mol. The van der Waals surface area contributed by atoms with Gasteiger partial charge in [-0.25, -0.2) is 13.2 Å². The standard InChI is InChI=1S/C22H21F3N2O2/c23-17-7-4-14(5-8-17)21-11-19(29-26-21)13-27(22(28)15-2-1-3-15)12-16-6-9-18(24)10-20(16)25/h4-10,15,19H,1-3,11-13H2/t19-/m1/s1. The first-order valence-corrected chi connectivity index (χ1v) is 9.71. The van der Waals surface area contributed by atoms with Crippen molar-refractivity contribution in [3.05, 3.63) is 71.0 Å². The summed E-state index contributed by atoms with van der Waals surface area (Å²) in [5, 5.41) is 4.08. The summed E-state index contributed by atoms with van der Waals surface area (Å²) in [6.07, 6.45) is 2.75. The van der Waals surface area contributed by atoms with Crippen LogP contribution in [0.25, 0.3) is 0 Å². The molecule has 1 amide bonds. The van der Waals surface area contributed by atoms with Crippen LogP contribution in [0.1, 0.15) is 36.8 Å². The van der Waals surface area contributed by atoms with Gasteiger partial charge in [-0.15, -0.1) is 0 Å². The third kappa shape index (κ3) is 4.44. The summed E-state index contributed by atoms with van der Waals surface area (Å²) in [6.45, 7) is 0.299. The second-order valence-corrected chi connectivity index (χ2v) is 7.56. The summed E-state index contributed by atoms with van der Waals surface area (Å²) in [7, 11) is 0. The van der Waals surface area contributed by atoms with Gasteiger partial charge in [-0.2, -0.15) is 0 Å². The van der Waals surface area contributed by atoms with E-state index in [1.165, 1.54) is 24.3 Å². The number of benzene rings is 2. The largest absolute Gasteiger partial charge is 0.390 e. The lowest BCUT2D eigenvalue weighted by Gasteiger charge is -2.32. The van der Waals surface area contributed by atoms with Crippen molar-refractivity contribution in [1.82, 2.24) is 4.90 Å². The van der Waals surface area contributed by atoms with E-state index in [2.05, 4.69) is 5.16 Å². The van der Waals surface area contributed by atoms with Gasteiger partial charge in [0.2, 0.25) is 5.91 Å². The molecule has 2 aromatic rings. The number of carbonyl (C=O) groups excluding carboxylic acids is 1. The molecule has 4 rings (SSSR count). The lowest BCUT2D eigenvalue weighted by Crippen LogP contribution is -2.42. The Morgan fingerprint density at radius 1 is 1.07 bits per heavy atom. The molecule has 0 radical (unpaired) electrons. The highest BCUT2D eigenvalue weighted by Gasteiger charge is 2.33. The maximum atomic E-state index is 14.1. The monoisotopic (exact) mass is 402 g/mol. The van der Waals surface area contributed by atoms with Crippen LogP contribution in [-0.4, -0.2) is 29.2 Å². The van der Waals surface area contributed by atoms with Crippen molar-refractivity contribution in [2.24, 2.45) is 11.1 Å². The van der Waals surface area contributed by atoms with E-state index >= 15 is 0 Å². The Bertz CT molecular complexity index is 926. The molecule has 7 heteroatoms. The number of hydrogen-bond acceptors (Lipinski definition) is 3. The minimum absolute atomic E-state index is 0.0428. The number of carbonyl (C=O) groups is 1. The van der Waals surface area contributed by atoms with Gasteiger partial charge in [0.1, 0.15) is 17.5 Å². The fourth-order valence-corrected chi connectivity index (χ4v) is 3.59. The first kappa shape index (κ1) is 19.5. The fourth-order valence-electron chi connectivity index (χ4n) is 3.59. The number of hydrogen-bond donors (Lipinski definition) is 0. The maximum absolute atomic E-state index is 14.1. The normalized spacial score (nSPS) is 18.7. The second kappa shape index (κ2) is 8.27. The van der Waals surface area contributed by atoms with Crippen molar-refractivity contribution >= 4 is 11.6 Å². The smallest absolute Gasteiger partial charge is 0.226 e. The molecule has 0 spiro atoms. The highest BCUT2D eigenvalue weighted by atomic mass is 19.1. The van der Waals surface area contributed by atoms with Crippen molar-refractivity contribution in [3.8, 4) is 0 Å². The second-order valence-electron chi connectivity index (χ2n) is 7.56. The van der Waals surface area contributed by atoms with Gasteiger partial charge in [-0.1, -0.05) is 29.8 Å². The van der Waals surface area contributed by atoms with Gasteiger partial charge >= 0.3 is 0 Å². The van der Waals surface area contributed by atoms with Crippen LogP contribution in [0.3, 0.4) is 0 Å². The number of rotatable bonds is 6. The molecule has 0 saturated heterocycles. The minimum atomic E-state index is -0.674. The SMILES string of the molecule is O=C(C1CCC1)N(Cc1ccc(F)cc1F)C[C@H]1CC(c2ccc(F)cc2)=NO1. The maximum Gasteiger partial charge on any atom is 0.226 e. The Morgan fingerprint density at radius 2 is 1.79 bits per heavy atom. The van der Waals surface area contributed by atoms with Crippen LogP contribution in [0.5, 0.6) is 0 Å². The van der Waals surface area contributed by atoms with Crippen LogP contribution < -0.4 is 0 Å². The topological polar surface area (TPSA) is 41.9 Å². The summed E-state index contributed by atoms with van der Waals surface area (Å²) in [5.74, 6) is -1.76. The Balaban J connectivity index is 1.45. The lowest BCUT2D eigenvalue weighted by molar-refractivity contribution is -0.140. The van der Waals surface area contributed by atoms with Crippen LogP contribution in [-0.2, 0) is 16.2 Å². The molecule has 29 heavy (non-hydrogen) atoms. The molecular weight excluding hydrogens is 381 g/mol. The third-order valence-corrected chi connectivity index (χ3v) is 5.48. The molecule has 2 aliphatic rings. The molecule has 2 aromatic carbocycles. The molecule has 1 saturated carbocycles. The minimum Gasteiger partial charge on any atom is -0.390 e. The van der Waals surface area contributed by atoms with E-state index in [0.29, 0.717) is 12.1 Å². The molecule has 1 aliphatic heterocycles.